The average Bonchev–Trinajstić information content (AvgIpc) is 2.32. The third-order valence-corrected chi connectivity index (χ3v) is 3.87. The molecule has 7 heteroatoms. The minimum Gasteiger partial charge on any atom is -0.298 e. The van der Waals surface area contributed by atoms with E-state index in [-0.39, 0.29) is 29.7 Å². The fourth-order valence-corrected chi connectivity index (χ4v) is 3.08. The van der Waals surface area contributed by atoms with Crippen LogP contribution in [0.4, 0.5) is 0 Å². The van der Waals surface area contributed by atoms with E-state index in [4.69, 9.17) is 0 Å². The van der Waals surface area contributed by atoms with Crippen molar-refractivity contribution in [2.75, 3.05) is 33.2 Å². The van der Waals surface area contributed by atoms with Crippen molar-refractivity contribution in [3.05, 3.63) is 10.1 Å². The maximum Gasteiger partial charge on any atom is 0.244 e. The second-order valence-electron chi connectivity index (χ2n) is 5.57. The minimum atomic E-state index is -0.805. The first kappa shape index (κ1) is 17.9. The maximum atomic E-state index is 11.2. The fourth-order valence-electron chi connectivity index (χ4n) is 3.08. The lowest BCUT2D eigenvalue weighted by Crippen LogP contribution is -2.51. The third kappa shape index (κ3) is 3.70. The van der Waals surface area contributed by atoms with Crippen LogP contribution >= 0.6 is 24.8 Å². The Hall–Kier alpha value is -0.100. The number of fused-ring (bicyclic) bond motifs is 1. The topological polar surface area (TPSA) is 49.6 Å². The Morgan fingerprint density at radius 2 is 1.94 bits per heavy atom. The third-order valence-electron chi connectivity index (χ3n) is 3.87. The van der Waals surface area contributed by atoms with Crippen LogP contribution in [0.15, 0.2) is 0 Å². The Morgan fingerprint density at radius 3 is 2.56 bits per heavy atom. The second-order valence-corrected chi connectivity index (χ2v) is 5.57. The van der Waals surface area contributed by atoms with E-state index >= 15 is 0 Å². The van der Waals surface area contributed by atoms with Crippen LogP contribution in [-0.4, -0.2) is 59.5 Å². The molecule has 0 saturated carbocycles. The van der Waals surface area contributed by atoms with E-state index in [2.05, 4.69) is 9.80 Å². The Labute approximate surface area is 121 Å². The molecule has 0 aliphatic carbocycles. The molecule has 0 spiro atoms. The van der Waals surface area contributed by atoms with E-state index in [1.54, 1.807) is 6.92 Å². The number of hydrogen-bond donors (Lipinski definition) is 0. The molecule has 5 nitrogen and oxygen atoms in total. The van der Waals surface area contributed by atoms with Gasteiger partial charge in [-0.1, -0.05) is 6.42 Å². The number of hydrogen-bond acceptors (Lipinski definition) is 4. The summed E-state index contributed by atoms with van der Waals surface area (Å²) in [5.74, 6) is 0. The molecule has 2 aliphatic rings. The molecule has 0 amide bonds. The quantitative estimate of drug-likeness (QED) is 0.546. The summed E-state index contributed by atoms with van der Waals surface area (Å²) < 4.78 is 0. The minimum absolute atomic E-state index is 0. The highest BCUT2D eigenvalue weighted by molar-refractivity contribution is 5.85. The summed E-state index contributed by atoms with van der Waals surface area (Å²) in [5, 5.41) is 11.2. The van der Waals surface area contributed by atoms with Crippen LogP contribution in [0.2, 0.25) is 0 Å². The zero-order valence-corrected chi connectivity index (χ0v) is 12.6. The Balaban J connectivity index is 0.00000144. The predicted molar refractivity (Wildman–Crippen MR) is 76.6 cm³/mol. The van der Waals surface area contributed by atoms with Crippen LogP contribution in [0.5, 0.6) is 0 Å². The first-order valence-corrected chi connectivity index (χ1v) is 6.08. The molecule has 2 rings (SSSR count). The van der Waals surface area contributed by atoms with Crippen molar-refractivity contribution < 1.29 is 4.92 Å². The van der Waals surface area contributed by atoms with Gasteiger partial charge in [0.2, 0.25) is 5.54 Å². The van der Waals surface area contributed by atoms with Crippen molar-refractivity contribution in [3.8, 4) is 0 Å². The first-order valence-electron chi connectivity index (χ1n) is 6.08. The molecule has 2 fully saturated rings. The van der Waals surface area contributed by atoms with Gasteiger partial charge in [-0.15, -0.1) is 24.8 Å². The van der Waals surface area contributed by atoms with Crippen molar-refractivity contribution in [1.29, 1.82) is 0 Å². The highest BCUT2D eigenvalue weighted by atomic mass is 35.5. The molecule has 2 aliphatic heterocycles. The number of nitro groups is 1. The molecule has 2 atom stereocenters. The highest BCUT2D eigenvalue weighted by Crippen LogP contribution is 2.25. The smallest absolute Gasteiger partial charge is 0.244 e. The Kier molecular flexibility index (Phi) is 6.85. The lowest BCUT2D eigenvalue weighted by atomic mass is 9.99. The number of nitrogens with zero attached hydrogens (tertiary/aromatic N) is 3. The van der Waals surface area contributed by atoms with Crippen molar-refractivity contribution >= 4 is 24.8 Å². The average molecular weight is 300 g/mol. The van der Waals surface area contributed by atoms with E-state index < -0.39 is 5.54 Å². The second kappa shape index (κ2) is 6.89. The number of halogens is 2. The molecule has 108 valence electrons. The summed E-state index contributed by atoms with van der Waals surface area (Å²) in [6, 6.07) is 0.528. The van der Waals surface area contributed by atoms with Crippen LogP contribution in [0, 0.1) is 10.1 Å². The maximum absolute atomic E-state index is 11.2. The van der Waals surface area contributed by atoms with Crippen molar-refractivity contribution in [2.45, 2.75) is 37.8 Å². The van der Waals surface area contributed by atoms with Crippen molar-refractivity contribution in [2.24, 2.45) is 0 Å². The van der Waals surface area contributed by atoms with Crippen LogP contribution in [0.25, 0.3) is 0 Å². The van der Waals surface area contributed by atoms with E-state index in [1.165, 1.54) is 19.3 Å². The monoisotopic (exact) mass is 299 g/mol. The number of rotatable bonds is 1. The van der Waals surface area contributed by atoms with Gasteiger partial charge in [-0.25, -0.2) is 0 Å². The zero-order valence-electron chi connectivity index (χ0n) is 11.0. The molecule has 2 heterocycles. The van der Waals surface area contributed by atoms with Gasteiger partial charge < -0.3 is 0 Å². The van der Waals surface area contributed by atoms with E-state index in [0.717, 1.165) is 13.1 Å². The number of likely N-dealkylation sites (N-methyl/N-ethyl adjacent to an activating group) is 1. The Morgan fingerprint density at radius 1 is 1.28 bits per heavy atom. The van der Waals surface area contributed by atoms with Crippen molar-refractivity contribution in [1.82, 2.24) is 9.80 Å². The van der Waals surface area contributed by atoms with E-state index in [0.29, 0.717) is 19.1 Å². The summed E-state index contributed by atoms with van der Waals surface area (Å²) in [5.41, 5.74) is -0.805. The molecule has 0 N–H and O–H groups in total. The predicted octanol–water partition coefficient (Wildman–Crippen LogP) is 1.67. The summed E-state index contributed by atoms with van der Waals surface area (Å²) in [4.78, 5) is 15.6. The van der Waals surface area contributed by atoms with Gasteiger partial charge in [-0.2, -0.15) is 0 Å². The van der Waals surface area contributed by atoms with Gasteiger partial charge in [0.15, 0.2) is 0 Å². The molecule has 0 bridgehead atoms. The molecule has 0 aromatic rings. The van der Waals surface area contributed by atoms with E-state index in [1.807, 2.05) is 7.05 Å². The van der Waals surface area contributed by atoms with Crippen LogP contribution in [-0.2, 0) is 0 Å². The molecule has 18 heavy (non-hydrogen) atoms. The lowest BCUT2D eigenvalue weighted by molar-refractivity contribution is -0.565. The normalized spacial score (nSPS) is 33.6. The first-order chi connectivity index (χ1) is 7.51. The van der Waals surface area contributed by atoms with Crippen LogP contribution in [0.1, 0.15) is 26.2 Å². The summed E-state index contributed by atoms with van der Waals surface area (Å²) in [6.07, 6.45) is 3.65. The summed E-state index contributed by atoms with van der Waals surface area (Å²) in [7, 11) is 2.00. The van der Waals surface area contributed by atoms with Crippen LogP contribution < -0.4 is 0 Å². The van der Waals surface area contributed by atoms with Gasteiger partial charge in [0.1, 0.15) is 0 Å². The van der Waals surface area contributed by atoms with Gasteiger partial charge in [0, 0.05) is 24.4 Å². The van der Waals surface area contributed by atoms with Crippen LogP contribution in [0.3, 0.4) is 0 Å². The standard InChI is InChI=1S/C11H21N3O2.2ClH/c1-11(14(15)16)8-12(2)7-10-5-3-4-6-13(10)9-11;;/h10H,3-9H2,1-2H3;2*1H. The number of piperidine rings is 1. The fraction of sp³-hybridized carbons (Fsp3) is 1.00. The largest absolute Gasteiger partial charge is 0.298 e. The van der Waals surface area contributed by atoms with Gasteiger partial charge in [-0.05, 0) is 26.4 Å². The van der Waals surface area contributed by atoms with Gasteiger partial charge in [0.25, 0.3) is 0 Å². The molecule has 2 saturated heterocycles. The molecular formula is C11H23Cl2N3O2. The summed E-state index contributed by atoms with van der Waals surface area (Å²) in [6.45, 7) is 4.95. The molecular weight excluding hydrogens is 277 g/mol. The SMILES string of the molecule is CN1CC2CCCCN2CC(C)([N+](=O)[O-])C1.Cl.Cl. The van der Waals surface area contributed by atoms with Crippen molar-refractivity contribution in [3.63, 3.8) is 0 Å². The molecule has 0 aromatic heterocycles. The Bertz CT molecular complexity index is 293. The zero-order chi connectivity index (χ0) is 11.8. The lowest BCUT2D eigenvalue weighted by Gasteiger charge is -2.35. The van der Waals surface area contributed by atoms with Gasteiger partial charge >= 0.3 is 0 Å². The molecule has 2 unspecified atom stereocenters. The van der Waals surface area contributed by atoms with Gasteiger partial charge in [-0.3, -0.25) is 19.9 Å². The highest BCUT2D eigenvalue weighted by Gasteiger charge is 2.44. The molecule has 0 aromatic carbocycles. The van der Waals surface area contributed by atoms with E-state index in [9.17, 15) is 10.1 Å². The van der Waals surface area contributed by atoms with Gasteiger partial charge in [0.05, 0.1) is 13.1 Å². The summed E-state index contributed by atoms with van der Waals surface area (Å²) >= 11 is 0. The molecule has 0 radical (unpaired) electrons.